The van der Waals surface area contributed by atoms with Crippen molar-refractivity contribution < 1.29 is 37.7 Å². The summed E-state index contributed by atoms with van der Waals surface area (Å²) in [6, 6.07) is 11.1. The van der Waals surface area contributed by atoms with E-state index >= 15 is 0 Å². The Hall–Kier alpha value is -4.47. The van der Waals surface area contributed by atoms with Crippen LogP contribution >= 0.6 is 0 Å². The zero-order chi connectivity index (χ0) is 25.9. The minimum atomic E-state index is -0.653. The summed E-state index contributed by atoms with van der Waals surface area (Å²) in [4.78, 5) is 24.9. The fourth-order valence-corrected chi connectivity index (χ4v) is 3.14. The molecule has 190 valence electrons. The number of nitrogens with zero attached hydrogens (tertiary/aromatic N) is 1. The second kappa shape index (κ2) is 12.8. The minimum Gasteiger partial charge on any atom is -0.493 e. The number of ether oxygens (including phenoxy) is 5. The van der Waals surface area contributed by atoms with Crippen molar-refractivity contribution in [1.29, 1.82) is 0 Å². The maximum atomic E-state index is 12.8. The van der Waals surface area contributed by atoms with E-state index in [9.17, 15) is 9.59 Å². The smallest absolute Gasteiger partial charge is 0.379 e. The van der Waals surface area contributed by atoms with Gasteiger partial charge in [0.1, 0.15) is 0 Å². The number of carbonyl (C=O) groups excluding carboxylic acids is 2. The lowest BCUT2D eigenvalue weighted by atomic mass is 10.1. The molecule has 0 spiro atoms. The number of esters is 1. The summed E-state index contributed by atoms with van der Waals surface area (Å²) in [5, 5.41) is 4.02. The topological polar surface area (TPSA) is 118 Å². The van der Waals surface area contributed by atoms with E-state index < -0.39 is 11.9 Å². The summed E-state index contributed by atoms with van der Waals surface area (Å²) < 4.78 is 32.6. The lowest BCUT2D eigenvalue weighted by Gasteiger charge is -2.16. The van der Waals surface area contributed by atoms with E-state index in [-0.39, 0.29) is 11.5 Å². The predicted molar refractivity (Wildman–Crippen MR) is 132 cm³/mol. The van der Waals surface area contributed by atoms with Gasteiger partial charge in [0.05, 0.1) is 39.4 Å². The van der Waals surface area contributed by atoms with Gasteiger partial charge in [-0.2, -0.15) is 5.10 Å². The molecule has 0 radical (unpaired) electrons. The number of benzene rings is 2. The molecule has 0 atom stereocenters. The number of furan rings is 1. The second-order valence-corrected chi connectivity index (χ2v) is 7.08. The van der Waals surface area contributed by atoms with E-state index in [1.807, 2.05) is 20.8 Å². The number of rotatable bonds is 12. The average molecular weight is 497 g/mol. The molecule has 0 unspecified atom stereocenters. The quantitative estimate of drug-likeness (QED) is 0.169. The van der Waals surface area contributed by atoms with Gasteiger partial charge in [-0.3, -0.25) is 4.79 Å². The SMILES string of the molecule is CCOc1cc(C(=O)N/N=C/c2ccc(OC(=O)c3ccco3)c(OC)c2)cc(OCC)c1OCC. The van der Waals surface area contributed by atoms with Crippen LogP contribution in [0.1, 0.15) is 47.2 Å². The van der Waals surface area contributed by atoms with E-state index in [0.29, 0.717) is 53.9 Å². The number of methoxy groups -OCH3 is 1. The Kier molecular flexibility index (Phi) is 9.33. The van der Waals surface area contributed by atoms with Crippen molar-refractivity contribution in [2.75, 3.05) is 26.9 Å². The first-order chi connectivity index (χ1) is 17.5. The third-order valence-electron chi connectivity index (χ3n) is 4.66. The molecule has 0 fully saturated rings. The molecular weight excluding hydrogens is 468 g/mol. The van der Waals surface area contributed by atoms with E-state index in [4.69, 9.17) is 28.1 Å². The lowest BCUT2D eigenvalue weighted by Crippen LogP contribution is -2.18. The van der Waals surface area contributed by atoms with E-state index in [1.165, 1.54) is 25.7 Å². The highest BCUT2D eigenvalue weighted by molar-refractivity contribution is 5.96. The molecule has 36 heavy (non-hydrogen) atoms. The third kappa shape index (κ3) is 6.56. The van der Waals surface area contributed by atoms with E-state index in [2.05, 4.69) is 10.5 Å². The average Bonchev–Trinajstić information content (AvgIpc) is 3.42. The standard InChI is InChI=1S/C26H28N2O8/c1-5-32-22-14-18(15-23(33-6-2)24(22)34-7-3)25(29)28-27-16-17-10-11-19(21(13-17)31-4)36-26(30)20-9-8-12-35-20/h8-16H,5-7H2,1-4H3,(H,28,29)/b27-16+. The van der Waals surface area contributed by atoms with Gasteiger partial charge in [0, 0.05) is 5.56 Å². The first kappa shape index (κ1) is 26.1. The highest BCUT2D eigenvalue weighted by Gasteiger charge is 2.18. The van der Waals surface area contributed by atoms with Gasteiger partial charge in [-0.25, -0.2) is 10.2 Å². The van der Waals surface area contributed by atoms with Gasteiger partial charge in [-0.15, -0.1) is 0 Å². The Labute approximate surface area is 208 Å². The molecule has 1 aromatic heterocycles. The van der Waals surface area contributed by atoms with Crippen molar-refractivity contribution in [1.82, 2.24) is 5.43 Å². The summed E-state index contributed by atoms with van der Waals surface area (Å²) in [5.74, 6) is 0.724. The first-order valence-electron chi connectivity index (χ1n) is 11.3. The van der Waals surface area contributed by atoms with Crippen LogP contribution in [0.4, 0.5) is 0 Å². The van der Waals surface area contributed by atoms with Crippen LogP contribution in [-0.4, -0.2) is 45.0 Å². The van der Waals surface area contributed by atoms with Crippen LogP contribution in [0.15, 0.2) is 58.2 Å². The normalized spacial score (nSPS) is 10.7. The van der Waals surface area contributed by atoms with Crippen molar-refractivity contribution >= 4 is 18.1 Å². The Morgan fingerprint density at radius 1 is 0.917 bits per heavy atom. The van der Waals surface area contributed by atoms with Crippen molar-refractivity contribution in [3.8, 4) is 28.7 Å². The van der Waals surface area contributed by atoms with Crippen molar-refractivity contribution in [3.63, 3.8) is 0 Å². The first-order valence-corrected chi connectivity index (χ1v) is 11.3. The lowest BCUT2D eigenvalue weighted by molar-refractivity contribution is 0.0696. The number of nitrogens with one attached hydrogen (secondary N) is 1. The van der Waals surface area contributed by atoms with E-state index in [1.54, 1.807) is 36.4 Å². The molecule has 10 heteroatoms. The van der Waals surface area contributed by atoms with Gasteiger partial charge < -0.3 is 28.1 Å². The van der Waals surface area contributed by atoms with Crippen LogP contribution in [0.5, 0.6) is 28.7 Å². The molecule has 2 aromatic carbocycles. The fraction of sp³-hybridized carbons (Fsp3) is 0.269. The number of amides is 1. The minimum absolute atomic E-state index is 0.0692. The van der Waals surface area contributed by atoms with Gasteiger partial charge in [-0.05, 0) is 68.8 Å². The summed E-state index contributed by atoms with van der Waals surface area (Å²) in [6.45, 7) is 6.73. The van der Waals surface area contributed by atoms with Gasteiger partial charge in [0.2, 0.25) is 11.5 Å². The van der Waals surface area contributed by atoms with Crippen LogP contribution < -0.4 is 29.1 Å². The van der Waals surface area contributed by atoms with Crippen molar-refractivity contribution in [2.45, 2.75) is 20.8 Å². The van der Waals surface area contributed by atoms with Crippen molar-refractivity contribution in [2.24, 2.45) is 5.10 Å². The Balaban J connectivity index is 1.73. The highest BCUT2D eigenvalue weighted by Crippen LogP contribution is 2.39. The Bertz CT molecular complexity index is 1180. The number of hydrogen-bond donors (Lipinski definition) is 1. The predicted octanol–water partition coefficient (Wildman–Crippen LogP) is 4.47. The Morgan fingerprint density at radius 3 is 2.19 bits per heavy atom. The molecule has 0 aliphatic carbocycles. The molecule has 0 saturated carbocycles. The summed E-state index contributed by atoms with van der Waals surface area (Å²) >= 11 is 0. The Morgan fingerprint density at radius 2 is 1.61 bits per heavy atom. The molecule has 1 amide bonds. The zero-order valence-corrected chi connectivity index (χ0v) is 20.5. The molecule has 3 aromatic rings. The van der Waals surface area contributed by atoms with Crippen LogP contribution in [0.3, 0.4) is 0 Å². The third-order valence-corrected chi connectivity index (χ3v) is 4.66. The molecule has 0 aliphatic heterocycles. The molecule has 10 nitrogen and oxygen atoms in total. The molecule has 0 bridgehead atoms. The molecule has 3 rings (SSSR count). The maximum absolute atomic E-state index is 12.8. The van der Waals surface area contributed by atoms with Gasteiger partial charge in [0.25, 0.3) is 5.91 Å². The van der Waals surface area contributed by atoms with Crippen LogP contribution in [0, 0.1) is 0 Å². The van der Waals surface area contributed by atoms with Gasteiger partial charge in [0.15, 0.2) is 23.0 Å². The van der Waals surface area contributed by atoms with Gasteiger partial charge >= 0.3 is 5.97 Å². The van der Waals surface area contributed by atoms with Gasteiger partial charge in [-0.1, -0.05) is 0 Å². The molecule has 0 saturated heterocycles. The van der Waals surface area contributed by atoms with Crippen LogP contribution in [0.2, 0.25) is 0 Å². The fourth-order valence-electron chi connectivity index (χ4n) is 3.14. The number of hydrogen-bond acceptors (Lipinski definition) is 9. The number of carbonyl (C=O) groups is 2. The summed E-state index contributed by atoms with van der Waals surface area (Å²) in [6.07, 6.45) is 2.81. The molecule has 1 N–H and O–H groups in total. The molecule has 1 heterocycles. The molecular formula is C26H28N2O8. The van der Waals surface area contributed by atoms with Crippen LogP contribution in [0.25, 0.3) is 0 Å². The summed E-state index contributed by atoms with van der Waals surface area (Å²) in [5.41, 5.74) is 3.37. The number of hydrazone groups is 1. The largest absolute Gasteiger partial charge is 0.493 e. The maximum Gasteiger partial charge on any atom is 0.379 e. The van der Waals surface area contributed by atoms with Crippen molar-refractivity contribution in [3.05, 3.63) is 65.6 Å². The molecule has 0 aliphatic rings. The van der Waals surface area contributed by atoms with E-state index in [0.717, 1.165) is 0 Å². The second-order valence-electron chi connectivity index (χ2n) is 7.08. The summed E-state index contributed by atoms with van der Waals surface area (Å²) in [7, 11) is 1.44. The van der Waals surface area contributed by atoms with Crippen LogP contribution in [-0.2, 0) is 0 Å². The monoisotopic (exact) mass is 496 g/mol. The zero-order valence-electron chi connectivity index (χ0n) is 20.5. The highest BCUT2D eigenvalue weighted by atomic mass is 16.6.